The van der Waals surface area contributed by atoms with Gasteiger partial charge < -0.3 is 10.6 Å². The summed E-state index contributed by atoms with van der Waals surface area (Å²) in [6, 6.07) is 1.74. The monoisotopic (exact) mass is 264 g/mol. The van der Waals surface area contributed by atoms with E-state index in [4.69, 9.17) is 0 Å². The van der Waals surface area contributed by atoms with E-state index in [2.05, 4.69) is 20.8 Å². The van der Waals surface area contributed by atoms with Crippen LogP contribution in [0.5, 0.6) is 0 Å². The molecule has 0 aliphatic rings. The number of aromatic amines is 1. The van der Waals surface area contributed by atoms with Gasteiger partial charge in [0, 0.05) is 30.1 Å². The summed E-state index contributed by atoms with van der Waals surface area (Å²) in [6.07, 6.45) is 3.32. The molecule has 0 saturated carbocycles. The summed E-state index contributed by atoms with van der Waals surface area (Å²) >= 11 is 1.46. The van der Waals surface area contributed by atoms with Gasteiger partial charge in [0.1, 0.15) is 0 Å². The molecule has 2 aromatic heterocycles. The molecular formula is C11H12N4O2S. The maximum atomic E-state index is 11.6. The molecule has 6 nitrogen and oxygen atoms in total. The summed E-state index contributed by atoms with van der Waals surface area (Å²) in [4.78, 5) is 23.0. The topological polar surface area (TPSA) is 86.9 Å². The highest BCUT2D eigenvalue weighted by atomic mass is 32.1. The molecule has 94 valence electrons. The van der Waals surface area contributed by atoms with Gasteiger partial charge in [-0.15, -0.1) is 0 Å². The highest BCUT2D eigenvalue weighted by Gasteiger charge is 2.07. The Morgan fingerprint density at radius 1 is 1.44 bits per heavy atom. The van der Waals surface area contributed by atoms with Crippen LogP contribution in [0, 0.1) is 0 Å². The Morgan fingerprint density at radius 2 is 2.33 bits per heavy atom. The first-order valence-corrected chi connectivity index (χ1v) is 6.29. The quantitative estimate of drug-likeness (QED) is 0.759. The van der Waals surface area contributed by atoms with Crippen LogP contribution in [0.2, 0.25) is 0 Å². The molecule has 3 N–H and O–H groups in total. The van der Waals surface area contributed by atoms with Crippen molar-refractivity contribution >= 4 is 28.8 Å². The summed E-state index contributed by atoms with van der Waals surface area (Å²) < 4.78 is 0. The van der Waals surface area contributed by atoms with Crippen LogP contribution in [-0.2, 0) is 4.79 Å². The normalized spacial score (nSPS) is 10.0. The molecule has 2 aromatic rings. The van der Waals surface area contributed by atoms with E-state index in [9.17, 15) is 9.59 Å². The van der Waals surface area contributed by atoms with E-state index >= 15 is 0 Å². The fourth-order valence-electron chi connectivity index (χ4n) is 1.33. The van der Waals surface area contributed by atoms with Gasteiger partial charge in [-0.1, -0.05) is 0 Å². The van der Waals surface area contributed by atoms with Crippen LogP contribution in [-0.4, -0.2) is 28.6 Å². The number of carbonyl (C=O) groups excluding carboxylic acids is 2. The highest BCUT2D eigenvalue weighted by Crippen LogP contribution is 2.05. The first-order valence-electron chi connectivity index (χ1n) is 5.35. The number of H-pyrrole nitrogens is 1. The second-order valence-electron chi connectivity index (χ2n) is 3.55. The summed E-state index contributed by atoms with van der Waals surface area (Å²) in [5, 5.41) is 15.2. The highest BCUT2D eigenvalue weighted by molar-refractivity contribution is 7.08. The van der Waals surface area contributed by atoms with Crippen molar-refractivity contribution in [2.24, 2.45) is 0 Å². The zero-order valence-corrected chi connectivity index (χ0v) is 10.3. The van der Waals surface area contributed by atoms with Gasteiger partial charge in [0.05, 0.1) is 11.9 Å². The van der Waals surface area contributed by atoms with Gasteiger partial charge in [-0.2, -0.15) is 16.4 Å². The number of hydrogen-bond acceptors (Lipinski definition) is 4. The molecule has 18 heavy (non-hydrogen) atoms. The van der Waals surface area contributed by atoms with Crippen molar-refractivity contribution in [1.29, 1.82) is 0 Å². The predicted octanol–water partition coefficient (Wildman–Crippen LogP) is 1.23. The number of hydrogen-bond donors (Lipinski definition) is 3. The van der Waals surface area contributed by atoms with Crippen molar-refractivity contribution in [3.05, 3.63) is 34.8 Å². The van der Waals surface area contributed by atoms with E-state index in [0.717, 1.165) is 0 Å². The molecule has 0 aliphatic heterocycles. The number of carbonyl (C=O) groups is 2. The number of nitrogens with zero attached hydrogens (tertiary/aromatic N) is 1. The average molecular weight is 264 g/mol. The van der Waals surface area contributed by atoms with Crippen LogP contribution in [0.1, 0.15) is 16.8 Å². The van der Waals surface area contributed by atoms with Gasteiger partial charge in [-0.3, -0.25) is 14.7 Å². The van der Waals surface area contributed by atoms with Gasteiger partial charge >= 0.3 is 0 Å². The molecule has 0 saturated heterocycles. The minimum atomic E-state index is -0.165. The molecule has 0 bridgehead atoms. The molecule has 0 aromatic carbocycles. The van der Waals surface area contributed by atoms with E-state index in [-0.39, 0.29) is 18.2 Å². The molecule has 2 rings (SSSR count). The molecule has 0 spiro atoms. The zero-order valence-electron chi connectivity index (χ0n) is 9.47. The van der Waals surface area contributed by atoms with Crippen LogP contribution < -0.4 is 10.6 Å². The van der Waals surface area contributed by atoms with Crippen molar-refractivity contribution in [2.75, 3.05) is 11.9 Å². The number of nitrogens with one attached hydrogen (secondary N) is 3. The largest absolute Gasteiger partial charge is 0.351 e. The first-order chi connectivity index (χ1) is 8.75. The Kier molecular flexibility index (Phi) is 4.08. The third kappa shape index (κ3) is 3.42. The molecule has 0 unspecified atom stereocenters. The van der Waals surface area contributed by atoms with Crippen molar-refractivity contribution in [1.82, 2.24) is 15.5 Å². The minimum absolute atomic E-state index is 0.160. The lowest BCUT2D eigenvalue weighted by atomic mass is 10.3. The SMILES string of the molecule is O=C(CCNC(=O)c1ccsc1)Nc1cn[nH]c1. The summed E-state index contributed by atoms with van der Waals surface area (Å²) in [7, 11) is 0. The molecule has 2 amide bonds. The molecule has 0 aliphatic carbocycles. The second kappa shape index (κ2) is 5.97. The van der Waals surface area contributed by atoms with E-state index in [0.29, 0.717) is 17.8 Å². The first kappa shape index (κ1) is 12.3. The van der Waals surface area contributed by atoms with E-state index < -0.39 is 0 Å². The molecule has 0 atom stereocenters. The van der Waals surface area contributed by atoms with Crippen molar-refractivity contribution in [3.8, 4) is 0 Å². The number of anilines is 1. The van der Waals surface area contributed by atoms with Gasteiger partial charge in [0.15, 0.2) is 0 Å². The van der Waals surface area contributed by atoms with Crippen molar-refractivity contribution in [2.45, 2.75) is 6.42 Å². The van der Waals surface area contributed by atoms with Crippen LogP contribution in [0.15, 0.2) is 29.2 Å². The second-order valence-corrected chi connectivity index (χ2v) is 4.33. The fraction of sp³-hybridized carbons (Fsp3) is 0.182. The van der Waals surface area contributed by atoms with Gasteiger partial charge in [-0.25, -0.2) is 0 Å². The lowest BCUT2D eigenvalue weighted by molar-refractivity contribution is -0.116. The number of aromatic nitrogens is 2. The average Bonchev–Trinajstić information content (AvgIpc) is 3.00. The number of amides is 2. The van der Waals surface area contributed by atoms with Gasteiger partial charge in [-0.05, 0) is 11.4 Å². The zero-order chi connectivity index (χ0) is 12.8. The minimum Gasteiger partial charge on any atom is -0.351 e. The Balaban J connectivity index is 1.69. The van der Waals surface area contributed by atoms with Gasteiger partial charge in [0.25, 0.3) is 5.91 Å². The maximum absolute atomic E-state index is 11.6. The standard InChI is InChI=1S/C11H12N4O2S/c16-10(15-9-5-13-14-6-9)1-3-12-11(17)8-2-4-18-7-8/h2,4-7H,1,3H2,(H,12,17)(H,13,14)(H,15,16). The van der Waals surface area contributed by atoms with E-state index in [1.807, 2.05) is 5.38 Å². The Hall–Kier alpha value is -2.15. The Labute approximate surface area is 107 Å². The van der Waals surface area contributed by atoms with Crippen LogP contribution in [0.4, 0.5) is 5.69 Å². The summed E-state index contributed by atoms with van der Waals surface area (Å²) in [5.74, 6) is -0.325. The molecular weight excluding hydrogens is 252 g/mol. The number of rotatable bonds is 5. The molecule has 2 heterocycles. The molecule has 0 radical (unpaired) electrons. The Bertz CT molecular complexity index is 507. The van der Waals surface area contributed by atoms with Gasteiger partial charge in [0.2, 0.25) is 5.91 Å². The van der Waals surface area contributed by atoms with E-state index in [1.54, 1.807) is 17.6 Å². The maximum Gasteiger partial charge on any atom is 0.252 e. The molecule has 0 fully saturated rings. The fourth-order valence-corrected chi connectivity index (χ4v) is 1.96. The third-order valence-electron chi connectivity index (χ3n) is 2.20. The van der Waals surface area contributed by atoms with Crippen LogP contribution in [0.3, 0.4) is 0 Å². The van der Waals surface area contributed by atoms with Crippen molar-refractivity contribution < 1.29 is 9.59 Å². The van der Waals surface area contributed by atoms with Crippen LogP contribution >= 0.6 is 11.3 Å². The van der Waals surface area contributed by atoms with E-state index in [1.165, 1.54) is 17.5 Å². The Morgan fingerprint density at radius 3 is 3.00 bits per heavy atom. The van der Waals surface area contributed by atoms with Crippen molar-refractivity contribution in [3.63, 3.8) is 0 Å². The smallest absolute Gasteiger partial charge is 0.252 e. The predicted molar refractivity (Wildman–Crippen MR) is 68.5 cm³/mol. The summed E-state index contributed by atoms with van der Waals surface area (Å²) in [6.45, 7) is 0.304. The van der Waals surface area contributed by atoms with Crippen LogP contribution in [0.25, 0.3) is 0 Å². The third-order valence-corrected chi connectivity index (χ3v) is 2.89. The lowest BCUT2D eigenvalue weighted by Gasteiger charge is -2.04. The number of thiophene rings is 1. The summed E-state index contributed by atoms with van der Waals surface area (Å²) in [5.41, 5.74) is 1.24. The molecule has 7 heteroatoms. The lowest BCUT2D eigenvalue weighted by Crippen LogP contribution is -2.27.